The molecule has 1 unspecified atom stereocenters. The van der Waals surface area contributed by atoms with Crippen molar-refractivity contribution in [2.24, 2.45) is 0 Å². The normalized spacial score (nSPS) is 12.3. The number of para-hydroxylation sites is 2. The van der Waals surface area contributed by atoms with Crippen LogP contribution >= 0.6 is 23.2 Å². The molecule has 118 valence electrons. The van der Waals surface area contributed by atoms with Crippen molar-refractivity contribution in [2.75, 3.05) is 11.9 Å². The Labute approximate surface area is 144 Å². The largest absolute Gasteiger partial charge is 0.386 e. The molecule has 0 spiro atoms. The molecule has 2 aromatic carbocycles. The molecule has 3 rings (SSSR count). The van der Waals surface area contributed by atoms with E-state index in [2.05, 4.69) is 15.3 Å². The highest BCUT2D eigenvalue weighted by Crippen LogP contribution is 2.30. The molecule has 23 heavy (non-hydrogen) atoms. The number of anilines is 1. The maximum Gasteiger partial charge on any atom is 0.148 e. The number of rotatable bonds is 4. The van der Waals surface area contributed by atoms with Gasteiger partial charge in [0, 0.05) is 22.2 Å². The SMILES string of the molecule is Cc1nc2ccccc2nc1NCC(O)c1c(Cl)cccc1Cl. The Balaban J connectivity index is 1.81. The number of halogens is 2. The van der Waals surface area contributed by atoms with Crippen LogP contribution in [0.5, 0.6) is 0 Å². The van der Waals surface area contributed by atoms with Crippen molar-refractivity contribution in [3.63, 3.8) is 0 Å². The molecule has 0 radical (unpaired) electrons. The number of hydrogen-bond donors (Lipinski definition) is 2. The Bertz CT molecular complexity index is 834. The van der Waals surface area contributed by atoms with Crippen LogP contribution in [0.1, 0.15) is 17.4 Å². The Hall–Kier alpha value is -1.88. The van der Waals surface area contributed by atoms with E-state index in [1.54, 1.807) is 18.2 Å². The Morgan fingerprint density at radius 3 is 2.26 bits per heavy atom. The van der Waals surface area contributed by atoms with Crippen LogP contribution in [0.15, 0.2) is 42.5 Å². The molecule has 0 aliphatic heterocycles. The molecule has 0 bridgehead atoms. The summed E-state index contributed by atoms with van der Waals surface area (Å²) in [5, 5.41) is 14.4. The maximum absolute atomic E-state index is 10.4. The molecule has 6 heteroatoms. The smallest absolute Gasteiger partial charge is 0.148 e. The Morgan fingerprint density at radius 2 is 1.61 bits per heavy atom. The van der Waals surface area contributed by atoms with Crippen molar-refractivity contribution >= 4 is 40.1 Å². The lowest BCUT2D eigenvalue weighted by molar-refractivity contribution is 0.191. The number of aromatic nitrogens is 2. The van der Waals surface area contributed by atoms with Crippen molar-refractivity contribution in [3.05, 3.63) is 63.8 Å². The zero-order valence-corrected chi connectivity index (χ0v) is 13.9. The van der Waals surface area contributed by atoms with E-state index in [1.165, 1.54) is 0 Å². The van der Waals surface area contributed by atoms with Crippen LogP contribution in [0.4, 0.5) is 5.82 Å². The van der Waals surface area contributed by atoms with E-state index in [9.17, 15) is 5.11 Å². The van der Waals surface area contributed by atoms with Crippen molar-refractivity contribution in [3.8, 4) is 0 Å². The summed E-state index contributed by atoms with van der Waals surface area (Å²) in [6.45, 7) is 2.11. The maximum atomic E-state index is 10.4. The summed E-state index contributed by atoms with van der Waals surface area (Å²) in [5.41, 5.74) is 2.91. The quantitative estimate of drug-likeness (QED) is 0.734. The summed E-state index contributed by atoms with van der Waals surface area (Å²) in [6.07, 6.45) is -0.844. The van der Waals surface area contributed by atoms with Crippen LogP contribution in [0, 0.1) is 6.92 Å². The van der Waals surface area contributed by atoms with E-state index in [4.69, 9.17) is 23.2 Å². The number of hydrogen-bond acceptors (Lipinski definition) is 4. The molecule has 0 saturated heterocycles. The summed E-state index contributed by atoms with van der Waals surface area (Å²) in [4.78, 5) is 9.04. The molecule has 0 aliphatic carbocycles. The average molecular weight is 348 g/mol. The van der Waals surface area contributed by atoms with Gasteiger partial charge in [-0.15, -0.1) is 0 Å². The predicted octanol–water partition coefficient (Wildman–Crippen LogP) is 4.39. The molecular formula is C17H15Cl2N3O. The third kappa shape index (κ3) is 3.39. The number of aryl methyl sites for hydroxylation is 1. The number of fused-ring (bicyclic) bond motifs is 1. The lowest BCUT2D eigenvalue weighted by Gasteiger charge is -2.16. The second kappa shape index (κ2) is 6.71. The van der Waals surface area contributed by atoms with Crippen molar-refractivity contribution < 1.29 is 5.11 Å². The van der Waals surface area contributed by atoms with E-state index in [1.807, 2.05) is 31.2 Å². The van der Waals surface area contributed by atoms with E-state index < -0.39 is 6.10 Å². The first-order valence-electron chi connectivity index (χ1n) is 7.15. The molecule has 0 aliphatic rings. The van der Waals surface area contributed by atoms with Gasteiger partial charge in [0.1, 0.15) is 5.82 Å². The van der Waals surface area contributed by atoms with Gasteiger partial charge in [0.2, 0.25) is 0 Å². The highest BCUT2D eigenvalue weighted by Gasteiger charge is 2.16. The topological polar surface area (TPSA) is 58.0 Å². The number of aliphatic hydroxyl groups is 1. The van der Waals surface area contributed by atoms with Crippen LogP contribution in [0.3, 0.4) is 0 Å². The number of aliphatic hydroxyl groups excluding tert-OH is 1. The molecule has 2 N–H and O–H groups in total. The second-order valence-electron chi connectivity index (χ2n) is 5.18. The monoisotopic (exact) mass is 347 g/mol. The zero-order valence-electron chi connectivity index (χ0n) is 12.4. The molecule has 0 saturated carbocycles. The average Bonchev–Trinajstić information content (AvgIpc) is 2.52. The molecule has 4 nitrogen and oxygen atoms in total. The van der Waals surface area contributed by atoms with E-state index in [-0.39, 0.29) is 6.54 Å². The van der Waals surface area contributed by atoms with Crippen molar-refractivity contribution in [1.82, 2.24) is 9.97 Å². The van der Waals surface area contributed by atoms with Gasteiger partial charge in [0.05, 0.1) is 22.8 Å². The number of nitrogens with one attached hydrogen (secondary N) is 1. The van der Waals surface area contributed by atoms with Gasteiger partial charge in [-0.1, -0.05) is 41.4 Å². The van der Waals surface area contributed by atoms with Gasteiger partial charge in [-0.3, -0.25) is 0 Å². The van der Waals surface area contributed by atoms with Gasteiger partial charge in [0.15, 0.2) is 0 Å². The van der Waals surface area contributed by atoms with Gasteiger partial charge < -0.3 is 10.4 Å². The van der Waals surface area contributed by atoms with Crippen molar-refractivity contribution in [1.29, 1.82) is 0 Å². The molecule has 1 atom stereocenters. The fourth-order valence-electron chi connectivity index (χ4n) is 2.38. The zero-order chi connectivity index (χ0) is 16.4. The highest BCUT2D eigenvalue weighted by atomic mass is 35.5. The summed E-state index contributed by atoms with van der Waals surface area (Å²) in [7, 11) is 0. The summed E-state index contributed by atoms with van der Waals surface area (Å²) in [6, 6.07) is 12.8. The second-order valence-corrected chi connectivity index (χ2v) is 5.99. The third-order valence-corrected chi connectivity index (χ3v) is 4.20. The molecule has 1 heterocycles. The lowest BCUT2D eigenvalue weighted by Crippen LogP contribution is -2.15. The van der Waals surface area contributed by atoms with Crippen LogP contribution in [-0.4, -0.2) is 21.6 Å². The molecule has 0 fully saturated rings. The summed E-state index contributed by atoms with van der Waals surface area (Å²) in [5.74, 6) is 0.630. The standard InChI is InChI=1S/C17H15Cl2N3O/c1-10-17(22-14-8-3-2-7-13(14)21-10)20-9-15(23)16-11(18)5-4-6-12(16)19/h2-8,15,23H,9H2,1H3,(H,20,22). The van der Waals surface area contributed by atoms with Crippen molar-refractivity contribution in [2.45, 2.75) is 13.0 Å². The van der Waals surface area contributed by atoms with Crippen LogP contribution in [0.25, 0.3) is 11.0 Å². The summed E-state index contributed by atoms with van der Waals surface area (Å²) < 4.78 is 0. The van der Waals surface area contributed by atoms with Gasteiger partial charge >= 0.3 is 0 Å². The third-order valence-electron chi connectivity index (χ3n) is 3.54. The molecule has 1 aromatic heterocycles. The van der Waals surface area contributed by atoms with Crippen LogP contribution < -0.4 is 5.32 Å². The number of nitrogens with zero attached hydrogens (tertiary/aromatic N) is 2. The minimum atomic E-state index is -0.844. The molecule has 3 aromatic rings. The number of benzene rings is 2. The minimum absolute atomic E-state index is 0.233. The van der Waals surface area contributed by atoms with E-state index in [0.717, 1.165) is 16.7 Å². The first-order valence-corrected chi connectivity index (χ1v) is 7.91. The van der Waals surface area contributed by atoms with Crippen LogP contribution in [-0.2, 0) is 0 Å². The molecular weight excluding hydrogens is 333 g/mol. The minimum Gasteiger partial charge on any atom is -0.386 e. The highest BCUT2D eigenvalue weighted by molar-refractivity contribution is 6.36. The van der Waals surface area contributed by atoms with Gasteiger partial charge in [-0.2, -0.15) is 0 Å². The molecule has 0 amide bonds. The first kappa shape index (κ1) is 16.0. The Kier molecular flexibility index (Phi) is 4.66. The van der Waals surface area contributed by atoms with E-state index >= 15 is 0 Å². The first-order chi connectivity index (χ1) is 11.1. The fourth-order valence-corrected chi connectivity index (χ4v) is 3.03. The lowest BCUT2D eigenvalue weighted by atomic mass is 10.1. The van der Waals surface area contributed by atoms with Gasteiger partial charge in [-0.25, -0.2) is 9.97 Å². The predicted molar refractivity (Wildman–Crippen MR) is 94.2 cm³/mol. The van der Waals surface area contributed by atoms with Gasteiger partial charge in [-0.05, 0) is 31.2 Å². The van der Waals surface area contributed by atoms with Gasteiger partial charge in [0.25, 0.3) is 0 Å². The van der Waals surface area contributed by atoms with Crippen LogP contribution in [0.2, 0.25) is 10.0 Å². The summed E-state index contributed by atoms with van der Waals surface area (Å²) >= 11 is 12.2. The fraction of sp³-hybridized carbons (Fsp3) is 0.176. The Morgan fingerprint density at radius 1 is 1.00 bits per heavy atom. The van der Waals surface area contributed by atoms with E-state index in [0.29, 0.717) is 21.4 Å².